The summed E-state index contributed by atoms with van der Waals surface area (Å²) in [6, 6.07) is 8.16. The molecule has 206 valence electrons. The second-order valence-corrected chi connectivity index (χ2v) is 11.3. The number of aromatic nitrogens is 2. The lowest BCUT2D eigenvalue weighted by Gasteiger charge is -2.34. The molecule has 0 atom stereocenters. The smallest absolute Gasteiger partial charge is 0.253 e. The van der Waals surface area contributed by atoms with Crippen LogP contribution in [0.25, 0.3) is 0 Å². The van der Waals surface area contributed by atoms with E-state index in [0.29, 0.717) is 50.1 Å². The number of hydrogen-bond acceptors (Lipinski definition) is 7. The molecule has 0 radical (unpaired) electrons. The number of nitrogens with zero attached hydrogens (tertiary/aromatic N) is 6. The largest absolute Gasteiger partial charge is 0.343 e. The summed E-state index contributed by atoms with van der Waals surface area (Å²) in [5.74, 6) is 2.15. The van der Waals surface area contributed by atoms with Crippen LogP contribution in [-0.4, -0.2) is 93.9 Å². The van der Waals surface area contributed by atoms with Crippen LogP contribution in [0, 0.1) is 5.92 Å². The van der Waals surface area contributed by atoms with E-state index in [4.69, 9.17) is 4.52 Å². The number of aryl methyl sites for hydroxylation is 1. The predicted octanol–water partition coefficient (Wildman–Crippen LogP) is 3.20. The maximum absolute atomic E-state index is 13.1. The van der Waals surface area contributed by atoms with Crippen molar-refractivity contribution in [3.63, 3.8) is 0 Å². The zero-order valence-corrected chi connectivity index (χ0v) is 22.8. The van der Waals surface area contributed by atoms with Gasteiger partial charge in [0, 0.05) is 64.2 Å². The lowest BCUT2D eigenvalue weighted by molar-refractivity contribution is -0.132. The predicted molar refractivity (Wildman–Crippen MR) is 144 cm³/mol. The topological polar surface area (TPSA) is 86.0 Å². The van der Waals surface area contributed by atoms with Crippen LogP contribution < -0.4 is 0 Å². The minimum Gasteiger partial charge on any atom is -0.343 e. The third-order valence-electron chi connectivity index (χ3n) is 8.28. The van der Waals surface area contributed by atoms with E-state index in [0.717, 1.165) is 51.1 Å². The lowest BCUT2D eigenvalue weighted by Crippen LogP contribution is -2.48. The van der Waals surface area contributed by atoms with Crippen LogP contribution in [0.15, 0.2) is 28.8 Å². The molecule has 5 rings (SSSR count). The molecule has 3 aliphatic heterocycles. The zero-order chi connectivity index (χ0) is 26.3. The number of likely N-dealkylation sites (tertiary alicyclic amines) is 2. The molecule has 0 N–H and O–H groups in total. The van der Waals surface area contributed by atoms with E-state index in [9.17, 15) is 9.59 Å². The lowest BCUT2D eigenvalue weighted by atomic mass is 9.99. The van der Waals surface area contributed by atoms with Crippen molar-refractivity contribution in [3.05, 3.63) is 47.1 Å². The second-order valence-electron chi connectivity index (χ2n) is 11.3. The van der Waals surface area contributed by atoms with E-state index >= 15 is 0 Å². The molecule has 0 unspecified atom stereocenters. The van der Waals surface area contributed by atoms with Gasteiger partial charge >= 0.3 is 0 Å². The van der Waals surface area contributed by atoms with Crippen molar-refractivity contribution in [2.24, 2.45) is 5.92 Å². The van der Waals surface area contributed by atoms with Crippen molar-refractivity contribution in [3.8, 4) is 0 Å². The molecule has 2 amide bonds. The molecule has 1 aromatic carbocycles. The molecule has 9 nitrogen and oxygen atoms in total. The number of rotatable bonds is 8. The molecular weight excluding hydrogens is 480 g/mol. The first kappa shape index (κ1) is 26.8. The number of piperazine rings is 1. The molecule has 0 aliphatic carbocycles. The van der Waals surface area contributed by atoms with Crippen LogP contribution in [0.3, 0.4) is 0 Å². The molecule has 3 fully saturated rings. The van der Waals surface area contributed by atoms with Crippen LogP contribution in [0.1, 0.15) is 73.1 Å². The van der Waals surface area contributed by atoms with Gasteiger partial charge in [-0.15, -0.1) is 0 Å². The Bertz CT molecular complexity index is 1050. The Labute approximate surface area is 226 Å². The molecule has 3 aliphatic rings. The standard InChI is InChI=1S/C29H42N6O3/c1-23-11-15-34(16-12-23)28(36)10-9-27-30-26(31-38-27)22-33-17-19-35(20-18-33)29(37)25-7-5-24(6-8-25)21-32-13-3-2-4-14-32/h5-8,23H,2-4,9-22H2,1H3. The molecule has 0 spiro atoms. The zero-order valence-electron chi connectivity index (χ0n) is 22.8. The number of hydrogen-bond donors (Lipinski definition) is 0. The molecule has 3 saturated heterocycles. The first-order valence-electron chi connectivity index (χ1n) is 14.5. The van der Waals surface area contributed by atoms with Gasteiger partial charge in [0.2, 0.25) is 11.8 Å². The van der Waals surface area contributed by atoms with E-state index in [1.807, 2.05) is 21.9 Å². The molecule has 2 aromatic rings. The summed E-state index contributed by atoms with van der Waals surface area (Å²) in [4.78, 5) is 38.7. The van der Waals surface area contributed by atoms with Gasteiger partial charge in [-0.2, -0.15) is 4.98 Å². The molecule has 1 aromatic heterocycles. The monoisotopic (exact) mass is 522 g/mol. The maximum atomic E-state index is 13.1. The first-order valence-corrected chi connectivity index (χ1v) is 14.5. The van der Waals surface area contributed by atoms with Gasteiger partial charge in [0.15, 0.2) is 5.82 Å². The van der Waals surface area contributed by atoms with Crippen LogP contribution in [-0.2, 0) is 24.3 Å². The van der Waals surface area contributed by atoms with Crippen molar-refractivity contribution in [2.75, 3.05) is 52.4 Å². The minimum atomic E-state index is 0.101. The molecule has 0 bridgehead atoms. The molecular formula is C29H42N6O3. The average Bonchev–Trinajstić information content (AvgIpc) is 3.40. The third-order valence-corrected chi connectivity index (χ3v) is 8.28. The third kappa shape index (κ3) is 7.20. The van der Waals surface area contributed by atoms with E-state index in [1.165, 1.54) is 37.9 Å². The van der Waals surface area contributed by atoms with Crippen molar-refractivity contribution in [2.45, 2.75) is 65.0 Å². The van der Waals surface area contributed by atoms with Gasteiger partial charge in [-0.3, -0.25) is 19.4 Å². The molecule has 38 heavy (non-hydrogen) atoms. The molecule has 0 saturated carbocycles. The Balaban J connectivity index is 1.03. The maximum Gasteiger partial charge on any atom is 0.253 e. The molecule has 9 heteroatoms. The second kappa shape index (κ2) is 12.8. The fourth-order valence-corrected chi connectivity index (χ4v) is 5.71. The van der Waals surface area contributed by atoms with Gasteiger partial charge in [0.05, 0.1) is 6.54 Å². The van der Waals surface area contributed by atoms with E-state index in [2.05, 4.69) is 39.0 Å². The van der Waals surface area contributed by atoms with E-state index in [-0.39, 0.29) is 11.8 Å². The first-order chi connectivity index (χ1) is 18.5. The fourth-order valence-electron chi connectivity index (χ4n) is 5.71. The fraction of sp³-hybridized carbons (Fsp3) is 0.655. The van der Waals surface area contributed by atoms with Gasteiger partial charge < -0.3 is 14.3 Å². The Hall–Kier alpha value is -2.78. The van der Waals surface area contributed by atoms with Crippen LogP contribution >= 0.6 is 0 Å². The van der Waals surface area contributed by atoms with Gasteiger partial charge in [-0.1, -0.05) is 30.6 Å². The Kier molecular flexibility index (Phi) is 9.06. The van der Waals surface area contributed by atoms with Gasteiger partial charge in [-0.05, 0) is 62.4 Å². The average molecular weight is 523 g/mol. The summed E-state index contributed by atoms with van der Waals surface area (Å²) in [6.07, 6.45) is 6.98. The SMILES string of the molecule is CC1CCN(C(=O)CCc2nc(CN3CCN(C(=O)c4ccc(CN5CCCCC5)cc4)CC3)no2)CC1. The van der Waals surface area contributed by atoms with Crippen molar-refractivity contribution >= 4 is 11.8 Å². The van der Waals surface area contributed by atoms with E-state index < -0.39 is 0 Å². The summed E-state index contributed by atoms with van der Waals surface area (Å²) in [6.45, 7) is 10.8. The Morgan fingerprint density at radius 1 is 0.842 bits per heavy atom. The van der Waals surface area contributed by atoms with Gasteiger partial charge in [0.25, 0.3) is 5.91 Å². The van der Waals surface area contributed by atoms with Crippen molar-refractivity contribution in [1.82, 2.24) is 29.7 Å². The number of amides is 2. The highest BCUT2D eigenvalue weighted by Gasteiger charge is 2.24. The van der Waals surface area contributed by atoms with Crippen LogP contribution in [0.4, 0.5) is 0 Å². The van der Waals surface area contributed by atoms with Crippen molar-refractivity contribution in [1.29, 1.82) is 0 Å². The number of carbonyl (C=O) groups is 2. The number of carbonyl (C=O) groups excluding carboxylic acids is 2. The normalized spacial score (nSPS) is 20.1. The quantitative estimate of drug-likeness (QED) is 0.526. The minimum absolute atomic E-state index is 0.101. The summed E-state index contributed by atoms with van der Waals surface area (Å²) < 4.78 is 5.41. The summed E-state index contributed by atoms with van der Waals surface area (Å²) in [5.41, 5.74) is 2.04. The van der Waals surface area contributed by atoms with Gasteiger partial charge in [0.1, 0.15) is 0 Å². The summed E-state index contributed by atoms with van der Waals surface area (Å²) in [7, 11) is 0. The summed E-state index contributed by atoms with van der Waals surface area (Å²) in [5, 5.41) is 4.13. The highest BCUT2D eigenvalue weighted by molar-refractivity contribution is 5.94. The molecule has 4 heterocycles. The highest BCUT2D eigenvalue weighted by Crippen LogP contribution is 2.18. The van der Waals surface area contributed by atoms with Gasteiger partial charge in [-0.25, -0.2) is 0 Å². The Morgan fingerprint density at radius 2 is 1.53 bits per heavy atom. The highest BCUT2D eigenvalue weighted by atomic mass is 16.5. The summed E-state index contributed by atoms with van der Waals surface area (Å²) >= 11 is 0. The number of piperidine rings is 2. The van der Waals surface area contributed by atoms with Crippen LogP contribution in [0.5, 0.6) is 0 Å². The number of benzene rings is 1. The van der Waals surface area contributed by atoms with E-state index in [1.54, 1.807) is 0 Å². The van der Waals surface area contributed by atoms with Crippen LogP contribution in [0.2, 0.25) is 0 Å². The van der Waals surface area contributed by atoms with Crippen molar-refractivity contribution < 1.29 is 14.1 Å². The Morgan fingerprint density at radius 3 is 2.24 bits per heavy atom.